The molecular weight excluding hydrogens is 410 g/mol. The molecule has 0 aliphatic rings. The fourth-order valence-corrected chi connectivity index (χ4v) is 3.88. The fourth-order valence-electron chi connectivity index (χ4n) is 2.69. The van der Waals surface area contributed by atoms with Gasteiger partial charge in [0.25, 0.3) is 0 Å². The first-order valence-corrected chi connectivity index (χ1v) is 10.4. The lowest BCUT2D eigenvalue weighted by Gasteiger charge is -2.21. The highest BCUT2D eigenvalue weighted by molar-refractivity contribution is 8.00. The van der Waals surface area contributed by atoms with Gasteiger partial charge in [-0.15, -0.1) is 11.8 Å². The number of benzene rings is 2. The molecule has 29 heavy (non-hydrogen) atoms. The maximum Gasteiger partial charge on any atom is 0.246 e. The molecule has 6 nitrogen and oxygen atoms in total. The highest BCUT2D eigenvalue weighted by Gasteiger charge is 2.23. The average molecular weight is 432 g/mol. The quantitative estimate of drug-likeness (QED) is 0.471. The number of ether oxygens (including phenoxy) is 1. The second-order valence-corrected chi connectivity index (χ2v) is 8.12. The van der Waals surface area contributed by atoms with E-state index in [-0.39, 0.29) is 17.7 Å². The van der Waals surface area contributed by atoms with Gasteiger partial charge in [0.1, 0.15) is 5.75 Å². The number of amides is 1. The molecular formula is C21H22ClN3O3S. The Labute approximate surface area is 179 Å². The first kappa shape index (κ1) is 21.2. The molecule has 0 fully saturated rings. The molecule has 1 atom stereocenters. The summed E-state index contributed by atoms with van der Waals surface area (Å²) in [4.78, 5) is 19.9. The third kappa shape index (κ3) is 5.52. The van der Waals surface area contributed by atoms with Crippen molar-refractivity contribution in [3.05, 3.63) is 59.4 Å². The van der Waals surface area contributed by atoms with E-state index in [4.69, 9.17) is 20.9 Å². The summed E-state index contributed by atoms with van der Waals surface area (Å²) in [5, 5.41) is 4.48. The predicted molar refractivity (Wildman–Crippen MR) is 114 cm³/mol. The van der Waals surface area contributed by atoms with E-state index in [2.05, 4.69) is 10.1 Å². The Morgan fingerprint density at radius 1 is 1.21 bits per heavy atom. The first-order valence-electron chi connectivity index (χ1n) is 9.14. The topological polar surface area (TPSA) is 68.5 Å². The molecule has 0 N–H and O–H groups in total. The molecule has 0 radical (unpaired) electrons. The summed E-state index contributed by atoms with van der Waals surface area (Å²) in [6.07, 6.45) is 0.706. The van der Waals surface area contributed by atoms with E-state index in [9.17, 15) is 4.79 Å². The summed E-state index contributed by atoms with van der Waals surface area (Å²) in [7, 11) is 3.35. The number of methoxy groups -OCH3 is 1. The first-order chi connectivity index (χ1) is 14.0. The van der Waals surface area contributed by atoms with Crippen molar-refractivity contribution in [2.75, 3.05) is 14.2 Å². The molecule has 1 amide bonds. The monoisotopic (exact) mass is 431 g/mol. The summed E-state index contributed by atoms with van der Waals surface area (Å²) < 4.78 is 10.5. The van der Waals surface area contributed by atoms with Crippen molar-refractivity contribution in [3.63, 3.8) is 0 Å². The third-order valence-corrected chi connectivity index (χ3v) is 5.92. The van der Waals surface area contributed by atoms with Gasteiger partial charge in [0.2, 0.25) is 17.6 Å². The summed E-state index contributed by atoms with van der Waals surface area (Å²) in [5.41, 5.74) is 0.819. The normalized spacial score (nSPS) is 11.9. The lowest BCUT2D eigenvalue weighted by atomic mass is 10.2. The Morgan fingerprint density at radius 2 is 1.90 bits per heavy atom. The Bertz CT molecular complexity index is 945. The van der Waals surface area contributed by atoms with Crippen LogP contribution in [0.1, 0.15) is 19.2 Å². The highest BCUT2D eigenvalue weighted by Crippen LogP contribution is 2.28. The molecule has 1 aromatic heterocycles. The van der Waals surface area contributed by atoms with Crippen molar-refractivity contribution in [1.82, 2.24) is 15.0 Å². The average Bonchev–Trinajstić information content (AvgIpc) is 3.21. The Balaban J connectivity index is 1.63. The van der Waals surface area contributed by atoms with Crippen molar-refractivity contribution in [2.24, 2.45) is 0 Å². The second kappa shape index (κ2) is 9.80. The largest absolute Gasteiger partial charge is 0.497 e. The molecule has 0 spiro atoms. The van der Waals surface area contributed by atoms with Gasteiger partial charge in [0.15, 0.2) is 0 Å². The van der Waals surface area contributed by atoms with Gasteiger partial charge in [0.05, 0.1) is 18.9 Å². The van der Waals surface area contributed by atoms with Crippen LogP contribution in [0.3, 0.4) is 0 Å². The Kier molecular flexibility index (Phi) is 7.17. The Morgan fingerprint density at radius 3 is 2.52 bits per heavy atom. The van der Waals surface area contributed by atoms with Gasteiger partial charge in [-0.2, -0.15) is 4.98 Å². The van der Waals surface area contributed by atoms with Crippen LogP contribution in [0, 0.1) is 0 Å². The molecule has 1 unspecified atom stereocenters. The van der Waals surface area contributed by atoms with Crippen molar-refractivity contribution in [3.8, 4) is 17.1 Å². The van der Waals surface area contributed by atoms with Crippen LogP contribution in [0.4, 0.5) is 0 Å². The fraction of sp³-hybridized carbons (Fsp3) is 0.286. The molecule has 0 saturated carbocycles. The minimum absolute atomic E-state index is 0.0108. The molecule has 3 rings (SSSR count). The van der Waals surface area contributed by atoms with E-state index in [1.165, 1.54) is 11.8 Å². The Hall–Kier alpha value is -2.51. The van der Waals surface area contributed by atoms with E-state index in [0.717, 1.165) is 16.2 Å². The van der Waals surface area contributed by atoms with Crippen LogP contribution in [0.15, 0.2) is 57.9 Å². The van der Waals surface area contributed by atoms with Crippen LogP contribution in [0.25, 0.3) is 11.4 Å². The SMILES string of the molecule is CCC(Sc1ccc(Cl)cc1)C(=O)N(C)Cc1nc(-c2ccc(OC)cc2)no1. The van der Waals surface area contributed by atoms with E-state index in [1.54, 1.807) is 19.1 Å². The van der Waals surface area contributed by atoms with E-state index < -0.39 is 0 Å². The highest BCUT2D eigenvalue weighted by atomic mass is 35.5. The van der Waals surface area contributed by atoms with Crippen molar-refractivity contribution in [2.45, 2.75) is 30.0 Å². The minimum Gasteiger partial charge on any atom is -0.497 e. The lowest BCUT2D eigenvalue weighted by Crippen LogP contribution is -2.34. The number of nitrogens with zero attached hydrogens (tertiary/aromatic N) is 3. The zero-order valence-corrected chi connectivity index (χ0v) is 18.0. The molecule has 0 aliphatic heterocycles. The van der Waals surface area contributed by atoms with Gasteiger partial charge in [-0.05, 0) is 55.0 Å². The van der Waals surface area contributed by atoms with Crippen LogP contribution in [-0.2, 0) is 11.3 Å². The summed E-state index contributed by atoms with van der Waals surface area (Å²) in [6.45, 7) is 2.24. The number of hydrogen-bond acceptors (Lipinski definition) is 6. The second-order valence-electron chi connectivity index (χ2n) is 6.40. The van der Waals surface area contributed by atoms with Crippen LogP contribution >= 0.6 is 23.4 Å². The number of rotatable bonds is 8. The van der Waals surface area contributed by atoms with Crippen LogP contribution in [0.5, 0.6) is 5.75 Å². The van der Waals surface area contributed by atoms with Crippen LogP contribution in [-0.4, -0.2) is 40.4 Å². The number of thioether (sulfide) groups is 1. The standard InChI is InChI=1S/C21H22ClN3O3S/c1-4-18(29-17-11-7-15(22)8-12-17)21(26)25(2)13-19-23-20(24-28-19)14-5-9-16(27-3)10-6-14/h5-12,18H,4,13H2,1-3H3. The molecule has 0 bridgehead atoms. The molecule has 152 valence electrons. The van der Waals surface area contributed by atoms with Gasteiger partial charge in [-0.1, -0.05) is 23.7 Å². The summed E-state index contributed by atoms with van der Waals surface area (Å²) in [5.74, 6) is 1.63. The van der Waals surface area contributed by atoms with Crippen molar-refractivity contribution in [1.29, 1.82) is 0 Å². The van der Waals surface area contributed by atoms with Gasteiger partial charge < -0.3 is 14.2 Å². The molecule has 8 heteroatoms. The van der Waals surface area contributed by atoms with Crippen molar-refractivity contribution >= 4 is 29.3 Å². The number of carbonyl (C=O) groups excluding carboxylic acids is 1. The van der Waals surface area contributed by atoms with Gasteiger partial charge in [-0.25, -0.2) is 0 Å². The molecule has 0 saturated heterocycles. The summed E-state index contributed by atoms with van der Waals surface area (Å²) >= 11 is 7.45. The number of hydrogen-bond donors (Lipinski definition) is 0. The number of aromatic nitrogens is 2. The lowest BCUT2D eigenvalue weighted by molar-refractivity contribution is -0.130. The van der Waals surface area contributed by atoms with Gasteiger partial charge in [-0.3, -0.25) is 4.79 Å². The zero-order valence-electron chi connectivity index (χ0n) is 16.5. The molecule has 3 aromatic rings. The third-order valence-electron chi connectivity index (χ3n) is 4.30. The molecule has 1 heterocycles. The molecule has 2 aromatic carbocycles. The zero-order chi connectivity index (χ0) is 20.8. The predicted octanol–water partition coefficient (Wildman–Crippen LogP) is 4.93. The van der Waals surface area contributed by atoms with Crippen LogP contribution in [0.2, 0.25) is 5.02 Å². The van der Waals surface area contributed by atoms with Gasteiger partial charge in [0, 0.05) is 22.5 Å². The van der Waals surface area contributed by atoms with Crippen LogP contribution < -0.4 is 4.74 Å². The van der Waals surface area contributed by atoms with E-state index in [1.807, 2.05) is 55.5 Å². The van der Waals surface area contributed by atoms with Gasteiger partial charge >= 0.3 is 0 Å². The van der Waals surface area contributed by atoms with Crippen molar-refractivity contribution < 1.29 is 14.1 Å². The maximum absolute atomic E-state index is 12.9. The van der Waals surface area contributed by atoms with E-state index in [0.29, 0.717) is 23.2 Å². The summed E-state index contributed by atoms with van der Waals surface area (Å²) in [6, 6.07) is 14.9. The molecule has 0 aliphatic carbocycles. The van der Waals surface area contributed by atoms with E-state index >= 15 is 0 Å². The number of carbonyl (C=O) groups is 1. The number of halogens is 1. The smallest absolute Gasteiger partial charge is 0.246 e. The minimum atomic E-state index is -0.204. The maximum atomic E-state index is 12.9.